The standard InChI is InChI=1S/C7H13N3O/c1-6(11)2-3-10-5-7(8)4-9-10/h4-6,11H,2-3,8H2,1H3. The smallest absolute Gasteiger partial charge is 0.0719 e. The van der Waals surface area contributed by atoms with Crippen molar-refractivity contribution in [3.63, 3.8) is 0 Å². The van der Waals surface area contributed by atoms with Crippen molar-refractivity contribution in [2.24, 2.45) is 0 Å². The summed E-state index contributed by atoms with van der Waals surface area (Å²) in [4.78, 5) is 0. The molecule has 0 bridgehead atoms. The number of aromatic nitrogens is 2. The van der Waals surface area contributed by atoms with Crippen LogP contribution in [0.15, 0.2) is 12.4 Å². The molecule has 0 saturated carbocycles. The van der Waals surface area contributed by atoms with Gasteiger partial charge in [-0.15, -0.1) is 0 Å². The van der Waals surface area contributed by atoms with Crippen molar-refractivity contribution in [1.29, 1.82) is 0 Å². The van der Waals surface area contributed by atoms with Crippen molar-refractivity contribution in [3.05, 3.63) is 12.4 Å². The number of aliphatic hydroxyl groups excluding tert-OH is 1. The van der Waals surface area contributed by atoms with Crippen molar-refractivity contribution < 1.29 is 5.11 Å². The van der Waals surface area contributed by atoms with Crippen LogP contribution in [-0.4, -0.2) is 21.0 Å². The van der Waals surface area contributed by atoms with E-state index >= 15 is 0 Å². The molecule has 62 valence electrons. The molecule has 0 aliphatic heterocycles. The number of nitrogen functional groups attached to an aromatic ring is 1. The first-order valence-electron chi connectivity index (χ1n) is 3.64. The first-order chi connectivity index (χ1) is 5.18. The molecular weight excluding hydrogens is 142 g/mol. The molecule has 0 aliphatic carbocycles. The molecule has 1 atom stereocenters. The Hall–Kier alpha value is -1.03. The number of hydrogen-bond donors (Lipinski definition) is 2. The Balaban J connectivity index is 2.39. The maximum atomic E-state index is 8.95. The molecule has 1 rings (SSSR count). The molecule has 4 nitrogen and oxygen atoms in total. The molecule has 1 unspecified atom stereocenters. The minimum Gasteiger partial charge on any atom is -0.396 e. The summed E-state index contributed by atoms with van der Waals surface area (Å²) >= 11 is 0. The van der Waals surface area contributed by atoms with Gasteiger partial charge in [0.25, 0.3) is 0 Å². The highest BCUT2D eigenvalue weighted by molar-refractivity contribution is 5.30. The van der Waals surface area contributed by atoms with Gasteiger partial charge < -0.3 is 10.8 Å². The molecule has 1 aromatic rings. The minimum absolute atomic E-state index is 0.277. The van der Waals surface area contributed by atoms with Crippen LogP contribution in [0, 0.1) is 0 Å². The number of nitrogens with zero attached hydrogens (tertiary/aromatic N) is 2. The molecule has 0 amide bonds. The van der Waals surface area contributed by atoms with Crippen LogP contribution in [-0.2, 0) is 6.54 Å². The Morgan fingerprint density at radius 3 is 3.00 bits per heavy atom. The zero-order chi connectivity index (χ0) is 8.27. The van der Waals surface area contributed by atoms with Gasteiger partial charge in [0.05, 0.1) is 18.0 Å². The average molecular weight is 155 g/mol. The summed E-state index contributed by atoms with van der Waals surface area (Å²) in [7, 11) is 0. The summed E-state index contributed by atoms with van der Waals surface area (Å²) in [5, 5.41) is 12.9. The molecular formula is C7H13N3O. The number of aliphatic hydroxyl groups is 1. The number of aryl methyl sites for hydroxylation is 1. The molecule has 0 aliphatic rings. The van der Waals surface area contributed by atoms with Crippen molar-refractivity contribution in [3.8, 4) is 0 Å². The molecule has 0 fully saturated rings. The number of rotatable bonds is 3. The first-order valence-corrected chi connectivity index (χ1v) is 3.64. The Morgan fingerprint density at radius 2 is 2.55 bits per heavy atom. The van der Waals surface area contributed by atoms with Crippen molar-refractivity contribution >= 4 is 5.69 Å². The molecule has 4 heteroatoms. The van der Waals surface area contributed by atoms with Crippen LogP contribution in [0.4, 0.5) is 5.69 Å². The summed E-state index contributed by atoms with van der Waals surface area (Å²) in [5.74, 6) is 0. The highest BCUT2D eigenvalue weighted by Gasteiger charge is 1.97. The van der Waals surface area contributed by atoms with Gasteiger partial charge in [-0.1, -0.05) is 0 Å². The van der Waals surface area contributed by atoms with Crippen molar-refractivity contribution in [2.75, 3.05) is 5.73 Å². The van der Waals surface area contributed by atoms with Gasteiger partial charge >= 0.3 is 0 Å². The van der Waals surface area contributed by atoms with Crippen molar-refractivity contribution in [1.82, 2.24) is 9.78 Å². The molecule has 3 N–H and O–H groups in total. The van der Waals surface area contributed by atoms with Gasteiger partial charge in [-0.2, -0.15) is 5.10 Å². The fourth-order valence-electron chi connectivity index (χ4n) is 0.821. The average Bonchev–Trinajstić information content (AvgIpc) is 2.31. The van der Waals surface area contributed by atoms with E-state index in [0.29, 0.717) is 12.1 Å². The predicted octanol–water partition coefficient (Wildman–Crippen LogP) is 0.236. The molecule has 0 aromatic carbocycles. The van der Waals surface area contributed by atoms with E-state index in [1.807, 2.05) is 0 Å². The second kappa shape index (κ2) is 3.39. The SMILES string of the molecule is CC(O)CCn1cc(N)cn1. The third-order valence-corrected chi connectivity index (χ3v) is 1.43. The van der Waals surface area contributed by atoms with Crippen LogP contribution in [0.25, 0.3) is 0 Å². The zero-order valence-corrected chi connectivity index (χ0v) is 6.57. The molecule has 0 spiro atoms. The van der Waals surface area contributed by atoms with Crippen LogP contribution in [0.1, 0.15) is 13.3 Å². The summed E-state index contributed by atoms with van der Waals surface area (Å²) in [6, 6.07) is 0. The lowest BCUT2D eigenvalue weighted by Gasteiger charge is -2.02. The maximum absolute atomic E-state index is 8.95. The molecule has 1 heterocycles. The van der Waals surface area contributed by atoms with Gasteiger partial charge in [0.2, 0.25) is 0 Å². The highest BCUT2D eigenvalue weighted by atomic mass is 16.3. The minimum atomic E-state index is -0.277. The quantitative estimate of drug-likeness (QED) is 0.657. The van der Waals surface area contributed by atoms with E-state index in [1.54, 1.807) is 24.0 Å². The Bertz CT molecular complexity index is 219. The Morgan fingerprint density at radius 1 is 1.82 bits per heavy atom. The Kier molecular flexibility index (Phi) is 2.48. The van der Waals surface area contributed by atoms with Gasteiger partial charge in [0.1, 0.15) is 0 Å². The third-order valence-electron chi connectivity index (χ3n) is 1.43. The van der Waals surface area contributed by atoms with Crippen LogP contribution in [0.3, 0.4) is 0 Å². The normalized spacial score (nSPS) is 13.3. The molecule has 11 heavy (non-hydrogen) atoms. The monoisotopic (exact) mass is 155 g/mol. The fourth-order valence-corrected chi connectivity index (χ4v) is 0.821. The third kappa shape index (κ3) is 2.59. The summed E-state index contributed by atoms with van der Waals surface area (Å²) in [6.45, 7) is 2.47. The van der Waals surface area contributed by atoms with Gasteiger partial charge in [0.15, 0.2) is 0 Å². The number of hydrogen-bond acceptors (Lipinski definition) is 3. The van der Waals surface area contributed by atoms with Gasteiger partial charge in [-0.05, 0) is 13.3 Å². The second-order valence-electron chi connectivity index (χ2n) is 2.67. The zero-order valence-electron chi connectivity index (χ0n) is 6.57. The van der Waals surface area contributed by atoms with E-state index in [0.717, 1.165) is 6.54 Å². The number of nitrogens with two attached hydrogens (primary N) is 1. The van der Waals surface area contributed by atoms with E-state index in [1.165, 1.54) is 0 Å². The topological polar surface area (TPSA) is 64.1 Å². The summed E-state index contributed by atoms with van der Waals surface area (Å²) in [6.07, 6.45) is 3.78. The summed E-state index contributed by atoms with van der Waals surface area (Å²) in [5.41, 5.74) is 6.10. The van der Waals surface area contributed by atoms with Crippen molar-refractivity contribution in [2.45, 2.75) is 26.0 Å². The first kappa shape index (κ1) is 8.07. The van der Waals surface area contributed by atoms with E-state index < -0.39 is 0 Å². The summed E-state index contributed by atoms with van der Waals surface area (Å²) < 4.78 is 1.72. The lowest BCUT2D eigenvalue weighted by Crippen LogP contribution is -2.06. The largest absolute Gasteiger partial charge is 0.396 e. The highest BCUT2D eigenvalue weighted by Crippen LogP contribution is 2.00. The number of anilines is 1. The predicted molar refractivity (Wildman–Crippen MR) is 42.9 cm³/mol. The second-order valence-corrected chi connectivity index (χ2v) is 2.67. The van der Waals surface area contributed by atoms with E-state index in [-0.39, 0.29) is 6.10 Å². The van der Waals surface area contributed by atoms with E-state index in [9.17, 15) is 0 Å². The Labute approximate surface area is 65.6 Å². The van der Waals surface area contributed by atoms with Crippen LogP contribution in [0.5, 0.6) is 0 Å². The van der Waals surface area contributed by atoms with E-state index in [2.05, 4.69) is 5.10 Å². The lowest BCUT2D eigenvalue weighted by atomic mass is 10.3. The molecule has 1 aromatic heterocycles. The molecule has 0 saturated heterocycles. The lowest BCUT2D eigenvalue weighted by molar-refractivity contribution is 0.176. The fraction of sp³-hybridized carbons (Fsp3) is 0.571. The van der Waals surface area contributed by atoms with Gasteiger partial charge in [0, 0.05) is 12.7 Å². The van der Waals surface area contributed by atoms with Crippen LogP contribution >= 0.6 is 0 Å². The van der Waals surface area contributed by atoms with Gasteiger partial charge in [-0.3, -0.25) is 4.68 Å². The maximum Gasteiger partial charge on any atom is 0.0719 e. The van der Waals surface area contributed by atoms with Crippen LogP contribution < -0.4 is 5.73 Å². The van der Waals surface area contributed by atoms with Gasteiger partial charge in [-0.25, -0.2) is 0 Å². The van der Waals surface area contributed by atoms with Crippen LogP contribution in [0.2, 0.25) is 0 Å². The molecule has 0 radical (unpaired) electrons. The van der Waals surface area contributed by atoms with E-state index in [4.69, 9.17) is 10.8 Å².